The minimum absolute atomic E-state index is 0.0637. The highest BCUT2D eigenvalue weighted by Gasteiger charge is 2.33. The van der Waals surface area contributed by atoms with Gasteiger partial charge in [-0.2, -0.15) is 18.4 Å². The summed E-state index contributed by atoms with van der Waals surface area (Å²) in [6.45, 7) is 0. The molecule has 0 radical (unpaired) electrons. The Morgan fingerprint density at radius 2 is 1.70 bits per heavy atom. The molecule has 0 bridgehead atoms. The summed E-state index contributed by atoms with van der Waals surface area (Å²) in [5, 5.41) is 17.3. The molecule has 0 saturated heterocycles. The summed E-state index contributed by atoms with van der Waals surface area (Å²) in [5.74, 6) is -0.974. The number of halogens is 3. The average Bonchev–Trinajstić information content (AvgIpc) is 2.47. The minimum atomic E-state index is -4.54. The first-order valence-electron chi connectivity index (χ1n) is 6.69. The largest absolute Gasteiger partial charge is 0.481 e. The van der Waals surface area contributed by atoms with Gasteiger partial charge in [-0.3, -0.25) is 4.79 Å². The fraction of sp³-hybridized carbons (Fsp3) is 0.176. The second-order valence-corrected chi connectivity index (χ2v) is 4.97. The summed E-state index contributed by atoms with van der Waals surface area (Å²) in [6.07, 6.45) is -4.99. The van der Waals surface area contributed by atoms with Crippen molar-refractivity contribution in [2.45, 2.75) is 19.0 Å². The molecule has 0 aromatic heterocycles. The lowest BCUT2D eigenvalue weighted by Crippen LogP contribution is -2.09. The molecule has 1 N–H and O–H groups in total. The van der Waals surface area contributed by atoms with E-state index in [2.05, 4.69) is 0 Å². The SMILES string of the molecule is N#CCc1ccc(-c2ccc(CC(=O)O)cc2)cc1C(F)(F)F. The summed E-state index contributed by atoms with van der Waals surface area (Å²) in [6, 6.07) is 11.9. The number of aliphatic carboxylic acids is 1. The zero-order chi connectivity index (χ0) is 17.0. The number of carboxylic acid groups (broad SMARTS) is 1. The highest BCUT2D eigenvalue weighted by Crippen LogP contribution is 2.35. The highest BCUT2D eigenvalue weighted by molar-refractivity contribution is 5.71. The van der Waals surface area contributed by atoms with E-state index in [4.69, 9.17) is 10.4 Å². The predicted molar refractivity (Wildman–Crippen MR) is 77.5 cm³/mol. The van der Waals surface area contributed by atoms with Crippen LogP contribution in [0.3, 0.4) is 0 Å². The van der Waals surface area contributed by atoms with Crippen LogP contribution in [0.1, 0.15) is 16.7 Å². The Balaban J connectivity index is 2.40. The van der Waals surface area contributed by atoms with Gasteiger partial charge in [-0.15, -0.1) is 0 Å². The molecule has 0 unspecified atom stereocenters. The molecular formula is C17H12F3NO2. The molecule has 3 nitrogen and oxygen atoms in total. The molecule has 2 aromatic carbocycles. The van der Waals surface area contributed by atoms with Gasteiger partial charge in [0.2, 0.25) is 0 Å². The number of carbonyl (C=O) groups is 1. The van der Waals surface area contributed by atoms with E-state index in [9.17, 15) is 18.0 Å². The lowest BCUT2D eigenvalue weighted by molar-refractivity contribution is -0.138. The molecule has 0 amide bonds. The third kappa shape index (κ3) is 4.10. The van der Waals surface area contributed by atoms with Crippen LogP contribution in [0.4, 0.5) is 13.2 Å². The van der Waals surface area contributed by atoms with Crippen LogP contribution < -0.4 is 0 Å². The van der Waals surface area contributed by atoms with Gasteiger partial charge in [-0.05, 0) is 28.3 Å². The van der Waals surface area contributed by atoms with Gasteiger partial charge in [0, 0.05) is 0 Å². The minimum Gasteiger partial charge on any atom is -0.481 e. The van der Waals surface area contributed by atoms with Gasteiger partial charge in [0.05, 0.1) is 24.5 Å². The normalized spacial score (nSPS) is 11.0. The third-order valence-electron chi connectivity index (χ3n) is 3.33. The number of hydrogen-bond donors (Lipinski definition) is 1. The van der Waals surface area contributed by atoms with E-state index >= 15 is 0 Å². The fourth-order valence-electron chi connectivity index (χ4n) is 2.25. The second kappa shape index (κ2) is 6.53. The van der Waals surface area contributed by atoms with Crippen molar-refractivity contribution in [3.05, 3.63) is 59.2 Å². The predicted octanol–water partition coefficient (Wildman–Crippen LogP) is 4.07. The first-order valence-corrected chi connectivity index (χ1v) is 6.69. The van der Waals surface area contributed by atoms with Crippen molar-refractivity contribution in [3.63, 3.8) is 0 Å². The lowest BCUT2D eigenvalue weighted by Gasteiger charge is -2.13. The summed E-state index contributed by atoms with van der Waals surface area (Å²) in [7, 11) is 0. The van der Waals surface area contributed by atoms with Gasteiger partial charge < -0.3 is 5.11 Å². The monoisotopic (exact) mass is 319 g/mol. The van der Waals surface area contributed by atoms with Gasteiger partial charge in [-0.25, -0.2) is 0 Å². The second-order valence-electron chi connectivity index (χ2n) is 4.97. The Bertz CT molecular complexity index is 759. The molecule has 0 aliphatic carbocycles. The van der Waals surface area contributed by atoms with Gasteiger partial charge in [-0.1, -0.05) is 36.4 Å². The number of nitrogens with zero attached hydrogens (tertiary/aromatic N) is 1. The van der Waals surface area contributed by atoms with Crippen LogP contribution in [0.15, 0.2) is 42.5 Å². The maximum absolute atomic E-state index is 13.1. The number of nitriles is 1. The van der Waals surface area contributed by atoms with Gasteiger partial charge in [0.15, 0.2) is 0 Å². The Morgan fingerprint density at radius 1 is 1.09 bits per heavy atom. The molecule has 0 spiro atoms. The fourth-order valence-corrected chi connectivity index (χ4v) is 2.25. The molecule has 0 fully saturated rings. The number of hydrogen-bond acceptors (Lipinski definition) is 2. The van der Waals surface area contributed by atoms with Gasteiger partial charge in [0.25, 0.3) is 0 Å². The van der Waals surface area contributed by atoms with Crippen molar-refractivity contribution < 1.29 is 23.1 Å². The molecule has 23 heavy (non-hydrogen) atoms. The molecule has 2 rings (SSSR count). The number of benzene rings is 2. The Kier molecular flexibility index (Phi) is 4.70. The first kappa shape index (κ1) is 16.6. The van der Waals surface area contributed by atoms with Gasteiger partial charge >= 0.3 is 12.1 Å². The van der Waals surface area contributed by atoms with Crippen molar-refractivity contribution in [2.24, 2.45) is 0 Å². The smallest absolute Gasteiger partial charge is 0.416 e. The average molecular weight is 319 g/mol. The van der Waals surface area contributed by atoms with Crippen molar-refractivity contribution in [1.82, 2.24) is 0 Å². The lowest BCUT2D eigenvalue weighted by atomic mass is 9.96. The molecule has 0 aliphatic rings. The van der Waals surface area contributed by atoms with E-state index < -0.39 is 17.7 Å². The number of rotatable bonds is 4. The molecule has 0 saturated carbocycles. The van der Waals surface area contributed by atoms with Crippen LogP contribution in [0.2, 0.25) is 0 Å². The van der Waals surface area contributed by atoms with Crippen molar-refractivity contribution in [3.8, 4) is 17.2 Å². The van der Waals surface area contributed by atoms with Crippen LogP contribution in [0.5, 0.6) is 0 Å². The molecule has 0 heterocycles. The summed E-state index contributed by atoms with van der Waals surface area (Å²) in [4.78, 5) is 10.6. The Labute approximate surface area is 130 Å². The van der Waals surface area contributed by atoms with E-state index in [-0.39, 0.29) is 18.4 Å². The highest BCUT2D eigenvalue weighted by atomic mass is 19.4. The molecule has 0 aliphatic heterocycles. The summed E-state index contributed by atoms with van der Waals surface area (Å²) in [5.41, 5.74) is 0.588. The van der Waals surface area contributed by atoms with E-state index in [1.54, 1.807) is 30.3 Å². The quantitative estimate of drug-likeness (QED) is 0.924. The van der Waals surface area contributed by atoms with Crippen molar-refractivity contribution in [2.75, 3.05) is 0 Å². The number of alkyl halides is 3. The number of carboxylic acids is 1. The Hall–Kier alpha value is -2.81. The van der Waals surface area contributed by atoms with Crippen LogP contribution in [-0.2, 0) is 23.8 Å². The third-order valence-corrected chi connectivity index (χ3v) is 3.33. The van der Waals surface area contributed by atoms with Gasteiger partial charge in [0.1, 0.15) is 0 Å². The molecule has 118 valence electrons. The molecule has 2 aromatic rings. The molecule has 6 heteroatoms. The van der Waals surface area contributed by atoms with Crippen molar-refractivity contribution >= 4 is 5.97 Å². The van der Waals surface area contributed by atoms with Crippen molar-refractivity contribution in [1.29, 1.82) is 5.26 Å². The zero-order valence-electron chi connectivity index (χ0n) is 11.9. The summed E-state index contributed by atoms with van der Waals surface area (Å²) < 4.78 is 39.3. The van der Waals surface area contributed by atoms with Crippen LogP contribution in [0.25, 0.3) is 11.1 Å². The zero-order valence-corrected chi connectivity index (χ0v) is 11.9. The molecular weight excluding hydrogens is 307 g/mol. The van der Waals surface area contributed by atoms with Crippen LogP contribution in [0, 0.1) is 11.3 Å². The van der Waals surface area contributed by atoms with E-state index in [1.807, 2.05) is 0 Å². The molecule has 0 atom stereocenters. The summed E-state index contributed by atoms with van der Waals surface area (Å²) >= 11 is 0. The van der Waals surface area contributed by atoms with Crippen LogP contribution in [-0.4, -0.2) is 11.1 Å². The van der Waals surface area contributed by atoms with E-state index in [0.717, 1.165) is 6.07 Å². The maximum Gasteiger partial charge on any atom is 0.416 e. The first-order chi connectivity index (χ1) is 10.8. The maximum atomic E-state index is 13.1. The Morgan fingerprint density at radius 3 is 2.22 bits per heavy atom. The van der Waals surface area contributed by atoms with Crippen LogP contribution >= 0.6 is 0 Å². The standard InChI is InChI=1S/C17H12F3NO2/c18-17(19,20)15-10-14(6-5-13(15)7-8-21)12-3-1-11(2-4-12)9-16(22)23/h1-6,10H,7,9H2,(H,22,23). The topological polar surface area (TPSA) is 61.1 Å². The van der Waals surface area contributed by atoms with E-state index in [1.165, 1.54) is 12.1 Å². The van der Waals surface area contributed by atoms with E-state index in [0.29, 0.717) is 16.7 Å².